The van der Waals surface area contributed by atoms with Crippen molar-refractivity contribution in [3.8, 4) is 0 Å². The summed E-state index contributed by atoms with van der Waals surface area (Å²) >= 11 is 2.09. The molecule has 0 radical (unpaired) electrons. The lowest BCUT2D eigenvalue weighted by atomic mass is 9.99. The summed E-state index contributed by atoms with van der Waals surface area (Å²) in [7, 11) is 1.79. The SMILES string of the molecule is COC(C)(C)CC(C)NCC1CCSC1. The summed E-state index contributed by atoms with van der Waals surface area (Å²) in [5.41, 5.74) is -0.00313. The predicted octanol–water partition coefficient (Wildman–Crippen LogP) is 2.53. The summed E-state index contributed by atoms with van der Waals surface area (Å²) in [6.07, 6.45) is 2.46. The van der Waals surface area contributed by atoms with Crippen LogP contribution in [0.1, 0.15) is 33.6 Å². The second-order valence-electron chi connectivity index (χ2n) is 5.21. The van der Waals surface area contributed by atoms with Crippen LogP contribution < -0.4 is 5.32 Å². The fraction of sp³-hybridized carbons (Fsp3) is 1.00. The highest BCUT2D eigenvalue weighted by Gasteiger charge is 2.21. The Labute approximate surface area is 98.5 Å². The highest BCUT2D eigenvalue weighted by molar-refractivity contribution is 7.99. The standard InChI is InChI=1S/C12H25NOS/c1-10(7-12(2,3)14-4)13-8-11-5-6-15-9-11/h10-11,13H,5-9H2,1-4H3. The highest BCUT2D eigenvalue weighted by Crippen LogP contribution is 2.23. The van der Waals surface area contributed by atoms with Gasteiger partial charge in [-0.1, -0.05) is 0 Å². The van der Waals surface area contributed by atoms with Crippen molar-refractivity contribution >= 4 is 11.8 Å². The van der Waals surface area contributed by atoms with E-state index in [1.54, 1.807) is 7.11 Å². The van der Waals surface area contributed by atoms with Crippen molar-refractivity contribution in [1.82, 2.24) is 5.32 Å². The molecule has 0 aromatic carbocycles. The van der Waals surface area contributed by atoms with Gasteiger partial charge in [-0.05, 0) is 57.6 Å². The topological polar surface area (TPSA) is 21.3 Å². The third kappa shape index (κ3) is 5.23. The molecule has 2 nitrogen and oxygen atoms in total. The minimum Gasteiger partial charge on any atom is -0.379 e. The zero-order valence-corrected chi connectivity index (χ0v) is 11.3. The fourth-order valence-electron chi connectivity index (χ4n) is 2.01. The van der Waals surface area contributed by atoms with Crippen LogP contribution in [0.3, 0.4) is 0 Å². The lowest BCUT2D eigenvalue weighted by molar-refractivity contribution is 0.00838. The highest BCUT2D eigenvalue weighted by atomic mass is 32.2. The summed E-state index contributed by atoms with van der Waals surface area (Å²) in [6, 6.07) is 0.547. The van der Waals surface area contributed by atoms with Crippen molar-refractivity contribution in [2.45, 2.75) is 45.3 Å². The fourth-order valence-corrected chi connectivity index (χ4v) is 3.29. The molecule has 0 bridgehead atoms. The molecule has 1 N–H and O–H groups in total. The first-order valence-electron chi connectivity index (χ1n) is 5.90. The van der Waals surface area contributed by atoms with E-state index in [1.165, 1.54) is 24.5 Å². The van der Waals surface area contributed by atoms with Crippen LogP contribution in [0, 0.1) is 5.92 Å². The van der Waals surface area contributed by atoms with Crippen LogP contribution in [-0.4, -0.2) is 36.8 Å². The molecule has 2 atom stereocenters. The molecule has 0 spiro atoms. The van der Waals surface area contributed by atoms with Crippen molar-refractivity contribution in [3.63, 3.8) is 0 Å². The van der Waals surface area contributed by atoms with Crippen LogP contribution in [-0.2, 0) is 4.74 Å². The Hall–Kier alpha value is 0.270. The third-order valence-electron chi connectivity index (χ3n) is 3.13. The van der Waals surface area contributed by atoms with E-state index in [0.717, 1.165) is 12.3 Å². The molecule has 0 saturated carbocycles. The number of nitrogens with one attached hydrogen (secondary N) is 1. The van der Waals surface area contributed by atoms with Crippen LogP contribution in [0.5, 0.6) is 0 Å². The summed E-state index contributed by atoms with van der Waals surface area (Å²) in [4.78, 5) is 0. The molecule has 1 fully saturated rings. The first-order valence-corrected chi connectivity index (χ1v) is 7.05. The Morgan fingerprint density at radius 2 is 2.27 bits per heavy atom. The molecule has 1 saturated heterocycles. The molecule has 1 rings (SSSR count). The van der Waals surface area contributed by atoms with Gasteiger partial charge in [-0.2, -0.15) is 11.8 Å². The number of thioether (sulfide) groups is 1. The molecule has 15 heavy (non-hydrogen) atoms. The quantitative estimate of drug-likeness (QED) is 0.759. The van der Waals surface area contributed by atoms with E-state index in [2.05, 4.69) is 37.8 Å². The molecule has 1 heterocycles. The minimum absolute atomic E-state index is 0.00313. The Morgan fingerprint density at radius 3 is 2.80 bits per heavy atom. The molecule has 0 aromatic rings. The summed E-state index contributed by atoms with van der Waals surface area (Å²) in [5, 5.41) is 3.62. The van der Waals surface area contributed by atoms with Gasteiger partial charge in [-0.15, -0.1) is 0 Å². The lowest BCUT2D eigenvalue weighted by Crippen LogP contribution is -2.37. The molecule has 1 aliphatic rings. The number of hydrogen-bond donors (Lipinski definition) is 1. The molecule has 3 heteroatoms. The summed E-state index contributed by atoms with van der Waals surface area (Å²) in [6.45, 7) is 7.73. The van der Waals surface area contributed by atoms with Gasteiger partial charge in [-0.25, -0.2) is 0 Å². The van der Waals surface area contributed by atoms with Crippen molar-refractivity contribution < 1.29 is 4.74 Å². The Kier molecular flexibility index (Phi) is 5.44. The van der Waals surface area contributed by atoms with Crippen LogP contribution in [0.25, 0.3) is 0 Å². The molecule has 0 aromatic heterocycles. The average Bonchev–Trinajstić information content (AvgIpc) is 2.66. The molecule has 2 unspecified atom stereocenters. The number of ether oxygens (including phenoxy) is 1. The zero-order chi connectivity index (χ0) is 11.3. The van der Waals surface area contributed by atoms with Crippen LogP contribution in [0.15, 0.2) is 0 Å². The lowest BCUT2D eigenvalue weighted by Gasteiger charge is -2.27. The number of methoxy groups -OCH3 is 1. The predicted molar refractivity (Wildman–Crippen MR) is 68.6 cm³/mol. The maximum absolute atomic E-state index is 5.44. The van der Waals surface area contributed by atoms with Gasteiger partial charge in [0.1, 0.15) is 0 Å². The molecular formula is C12H25NOS. The first-order chi connectivity index (χ1) is 7.03. The molecule has 90 valence electrons. The van der Waals surface area contributed by atoms with Gasteiger partial charge < -0.3 is 10.1 Å². The van der Waals surface area contributed by atoms with Crippen molar-refractivity contribution in [3.05, 3.63) is 0 Å². The molecule has 1 aliphatic heterocycles. The number of rotatable bonds is 6. The van der Waals surface area contributed by atoms with Gasteiger partial charge >= 0.3 is 0 Å². The second kappa shape index (κ2) is 6.12. The van der Waals surface area contributed by atoms with Crippen LogP contribution >= 0.6 is 11.8 Å². The van der Waals surface area contributed by atoms with Crippen molar-refractivity contribution in [1.29, 1.82) is 0 Å². The number of hydrogen-bond acceptors (Lipinski definition) is 3. The maximum Gasteiger partial charge on any atom is 0.0637 e. The smallest absolute Gasteiger partial charge is 0.0637 e. The monoisotopic (exact) mass is 231 g/mol. The minimum atomic E-state index is -0.00313. The molecular weight excluding hydrogens is 206 g/mol. The second-order valence-corrected chi connectivity index (χ2v) is 6.36. The Bertz CT molecular complexity index is 178. The largest absolute Gasteiger partial charge is 0.379 e. The molecule has 0 aliphatic carbocycles. The van der Waals surface area contributed by atoms with E-state index < -0.39 is 0 Å². The van der Waals surface area contributed by atoms with Crippen molar-refractivity contribution in [2.24, 2.45) is 5.92 Å². The van der Waals surface area contributed by atoms with Gasteiger partial charge in [-0.3, -0.25) is 0 Å². The van der Waals surface area contributed by atoms with E-state index in [-0.39, 0.29) is 5.60 Å². The van der Waals surface area contributed by atoms with E-state index in [9.17, 15) is 0 Å². The zero-order valence-electron chi connectivity index (χ0n) is 10.5. The summed E-state index contributed by atoms with van der Waals surface area (Å²) in [5.74, 6) is 3.58. The van der Waals surface area contributed by atoms with Gasteiger partial charge in [0.05, 0.1) is 5.60 Å². The Balaban J connectivity index is 2.15. The van der Waals surface area contributed by atoms with E-state index >= 15 is 0 Å². The normalized spacial score (nSPS) is 24.4. The van der Waals surface area contributed by atoms with Gasteiger partial charge in [0.2, 0.25) is 0 Å². The van der Waals surface area contributed by atoms with Crippen LogP contribution in [0.2, 0.25) is 0 Å². The third-order valence-corrected chi connectivity index (χ3v) is 4.36. The average molecular weight is 231 g/mol. The van der Waals surface area contributed by atoms with Crippen molar-refractivity contribution in [2.75, 3.05) is 25.2 Å². The maximum atomic E-state index is 5.44. The summed E-state index contributed by atoms with van der Waals surface area (Å²) < 4.78 is 5.44. The molecule has 0 amide bonds. The van der Waals surface area contributed by atoms with E-state index in [4.69, 9.17) is 4.74 Å². The van der Waals surface area contributed by atoms with Gasteiger partial charge in [0, 0.05) is 13.2 Å². The van der Waals surface area contributed by atoms with Crippen LogP contribution in [0.4, 0.5) is 0 Å². The van der Waals surface area contributed by atoms with Gasteiger partial charge in [0.25, 0.3) is 0 Å². The van der Waals surface area contributed by atoms with Gasteiger partial charge in [0.15, 0.2) is 0 Å². The van der Waals surface area contributed by atoms with E-state index in [0.29, 0.717) is 6.04 Å². The van der Waals surface area contributed by atoms with E-state index in [1.807, 2.05) is 0 Å². The Morgan fingerprint density at radius 1 is 1.53 bits per heavy atom. The first kappa shape index (κ1) is 13.3.